The van der Waals surface area contributed by atoms with Crippen LogP contribution >= 0.6 is 11.3 Å². The van der Waals surface area contributed by atoms with Crippen LogP contribution in [0.15, 0.2) is 36.9 Å². The maximum Gasteiger partial charge on any atom is 0.180 e. The molecule has 29 heavy (non-hydrogen) atoms. The fourth-order valence-corrected chi connectivity index (χ4v) is 4.89. The first-order chi connectivity index (χ1) is 14.2. The molecule has 0 aliphatic carbocycles. The Morgan fingerprint density at radius 3 is 3.10 bits per heavy atom. The number of aliphatic hydroxyl groups excluding tert-OH is 1. The van der Waals surface area contributed by atoms with E-state index in [1.807, 2.05) is 29.9 Å². The number of rotatable bonds is 6. The summed E-state index contributed by atoms with van der Waals surface area (Å²) >= 11 is 1.72. The number of nitrogens with one attached hydrogen (secondary N) is 2. The van der Waals surface area contributed by atoms with Gasteiger partial charge in [0.05, 0.1) is 35.4 Å². The second-order valence-corrected chi connectivity index (χ2v) is 8.56. The molecule has 9 heteroatoms. The van der Waals surface area contributed by atoms with Crippen LogP contribution in [0.2, 0.25) is 0 Å². The number of hydrogen-bond acceptors (Lipinski definition) is 7. The van der Waals surface area contributed by atoms with E-state index < -0.39 is 0 Å². The van der Waals surface area contributed by atoms with Crippen LogP contribution in [0.4, 0.5) is 10.8 Å². The molecule has 1 saturated heterocycles. The summed E-state index contributed by atoms with van der Waals surface area (Å²) in [5, 5.41) is 20.9. The zero-order valence-corrected chi connectivity index (χ0v) is 17.0. The lowest BCUT2D eigenvalue weighted by Crippen LogP contribution is -2.31. The van der Waals surface area contributed by atoms with E-state index >= 15 is 0 Å². The molecule has 1 unspecified atom stereocenters. The summed E-state index contributed by atoms with van der Waals surface area (Å²) in [7, 11) is 0. The lowest BCUT2D eigenvalue weighted by Gasteiger charge is -2.21. The highest BCUT2D eigenvalue weighted by Gasteiger charge is 2.24. The molecule has 1 atom stereocenters. The number of fused-ring (bicyclic) bond motifs is 1. The number of hydrogen-bond donors (Lipinski definition) is 3. The minimum atomic E-state index is 0.237. The first-order valence-electron chi connectivity index (χ1n) is 9.76. The maximum atomic E-state index is 9.54. The van der Waals surface area contributed by atoms with Gasteiger partial charge in [-0.05, 0) is 38.4 Å². The van der Waals surface area contributed by atoms with Gasteiger partial charge in [0.25, 0.3) is 0 Å². The van der Waals surface area contributed by atoms with Crippen LogP contribution in [0.25, 0.3) is 16.9 Å². The third-order valence-electron chi connectivity index (χ3n) is 5.38. The lowest BCUT2D eigenvalue weighted by molar-refractivity contribution is 0.154. The number of nitrogens with zero attached hydrogens (tertiary/aromatic N) is 5. The molecular formula is C20H23N7OS. The van der Waals surface area contributed by atoms with E-state index in [1.165, 1.54) is 4.88 Å². The Hall–Kier alpha value is -2.75. The average Bonchev–Trinajstić information content (AvgIpc) is 3.49. The molecule has 1 aliphatic heterocycles. The van der Waals surface area contributed by atoms with Crippen molar-refractivity contribution in [2.45, 2.75) is 32.4 Å². The fraction of sp³-hybridized carbons (Fsp3) is 0.350. The Balaban J connectivity index is 1.40. The van der Waals surface area contributed by atoms with E-state index in [0.29, 0.717) is 0 Å². The molecule has 4 aromatic heterocycles. The maximum absolute atomic E-state index is 9.54. The Morgan fingerprint density at radius 1 is 1.34 bits per heavy atom. The molecule has 1 aliphatic rings. The molecule has 5 heterocycles. The van der Waals surface area contributed by atoms with Gasteiger partial charge in [0, 0.05) is 35.4 Å². The van der Waals surface area contributed by atoms with Crippen LogP contribution in [-0.2, 0) is 6.54 Å². The fourth-order valence-electron chi connectivity index (χ4n) is 3.95. The normalized spacial score (nSPS) is 17.4. The van der Waals surface area contributed by atoms with E-state index in [4.69, 9.17) is 0 Å². The molecule has 5 rings (SSSR count). The SMILES string of the molecule is Cc1cn2c(-c3cn[nH]c3)cnc2c(Nc2ccc(CN3CCCC3CO)s2)n1. The number of likely N-dealkylation sites (tertiary alicyclic amines) is 1. The standard InChI is InChI=1S/C20H23N7OS/c1-13-10-27-17(14-7-22-23-8-14)9-21-20(27)19(24-13)25-18-5-4-16(29-18)11-26-6-2-3-15(26)12-28/h4-5,7-10,15,28H,2-3,6,11-12H2,1H3,(H,22,23)(H,24,25). The van der Waals surface area contributed by atoms with Gasteiger partial charge in [-0.15, -0.1) is 11.3 Å². The molecule has 1 fully saturated rings. The van der Waals surface area contributed by atoms with Crippen molar-refractivity contribution in [1.82, 2.24) is 29.5 Å². The van der Waals surface area contributed by atoms with E-state index in [2.05, 4.69) is 42.5 Å². The van der Waals surface area contributed by atoms with Crippen molar-refractivity contribution in [3.63, 3.8) is 0 Å². The first kappa shape index (κ1) is 18.3. The molecule has 0 saturated carbocycles. The molecule has 0 amide bonds. The van der Waals surface area contributed by atoms with Gasteiger partial charge in [-0.3, -0.25) is 14.4 Å². The summed E-state index contributed by atoms with van der Waals surface area (Å²) in [5.74, 6) is 0.738. The number of aryl methyl sites for hydroxylation is 1. The summed E-state index contributed by atoms with van der Waals surface area (Å²) in [5.41, 5.74) is 3.64. The van der Waals surface area contributed by atoms with Gasteiger partial charge in [-0.2, -0.15) is 5.10 Å². The predicted octanol–water partition coefficient (Wildman–Crippen LogP) is 3.19. The molecular weight excluding hydrogens is 386 g/mol. The molecule has 4 aromatic rings. The van der Waals surface area contributed by atoms with E-state index in [9.17, 15) is 5.11 Å². The van der Waals surface area contributed by atoms with Crippen LogP contribution in [0, 0.1) is 6.92 Å². The quantitative estimate of drug-likeness (QED) is 0.453. The highest BCUT2D eigenvalue weighted by Crippen LogP contribution is 2.30. The Labute approximate surface area is 172 Å². The summed E-state index contributed by atoms with van der Waals surface area (Å²) < 4.78 is 2.04. The van der Waals surface area contributed by atoms with Crippen molar-refractivity contribution in [1.29, 1.82) is 0 Å². The van der Waals surface area contributed by atoms with Crippen molar-refractivity contribution in [3.05, 3.63) is 47.5 Å². The smallest absolute Gasteiger partial charge is 0.180 e. The molecule has 0 radical (unpaired) electrons. The van der Waals surface area contributed by atoms with Crippen LogP contribution < -0.4 is 5.32 Å². The Morgan fingerprint density at radius 2 is 2.28 bits per heavy atom. The summed E-state index contributed by atoms with van der Waals surface area (Å²) in [4.78, 5) is 12.9. The van der Waals surface area contributed by atoms with Gasteiger partial charge in [-0.25, -0.2) is 9.97 Å². The zero-order valence-electron chi connectivity index (χ0n) is 16.2. The van der Waals surface area contributed by atoms with Gasteiger partial charge in [0.2, 0.25) is 0 Å². The van der Waals surface area contributed by atoms with Gasteiger partial charge in [0.15, 0.2) is 11.5 Å². The lowest BCUT2D eigenvalue weighted by atomic mass is 10.2. The Kier molecular flexibility index (Phi) is 4.78. The zero-order chi connectivity index (χ0) is 19.8. The largest absolute Gasteiger partial charge is 0.395 e. The number of aromatic nitrogens is 5. The minimum Gasteiger partial charge on any atom is -0.395 e. The molecule has 150 valence electrons. The van der Waals surface area contributed by atoms with Crippen molar-refractivity contribution < 1.29 is 5.11 Å². The van der Waals surface area contributed by atoms with Crippen molar-refractivity contribution >= 4 is 27.8 Å². The molecule has 8 nitrogen and oxygen atoms in total. The molecule has 0 aromatic carbocycles. The highest BCUT2D eigenvalue weighted by molar-refractivity contribution is 7.16. The predicted molar refractivity (Wildman–Crippen MR) is 113 cm³/mol. The topological polar surface area (TPSA) is 94.4 Å². The summed E-state index contributed by atoms with van der Waals surface area (Å²) in [6.07, 6.45) is 9.71. The highest BCUT2D eigenvalue weighted by atomic mass is 32.1. The number of imidazole rings is 1. The van der Waals surface area contributed by atoms with Crippen molar-refractivity contribution in [2.24, 2.45) is 0 Å². The number of aliphatic hydroxyl groups is 1. The molecule has 0 bridgehead atoms. The number of anilines is 2. The molecule has 0 spiro atoms. The summed E-state index contributed by atoms with van der Waals surface area (Å²) in [6.45, 7) is 4.14. The van der Waals surface area contributed by atoms with Gasteiger partial charge in [-0.1, -0.05) is 0 Å². The van der Waals surface area contributed by atoms with Crippen LogP contribution in [0.5, 0.6) is 0 Å². The number of H-pyrrole nitrogens is 1. The second kappa shape index (κ2) is 7.58. The van der Waals surface area contributed by atoms with Crippen LogP contribution in [0.1, 0.15) is 23.4 Å². The Bertz CT molecular complexity index is 1120. The number of aromatic amines is 1. The minimum absolute atomic E-state index is 0.237. The molecule has 3 N–H and O–H groups in total. The number of thiophene rings is 1. The van der Waals surface area contributed by atoms with Crippen molar-refractivity contribution in [2.75, 3.05) is 18.5 Å². The average molecular weight is 410 g/mol. The second-order valence-electron chi connectivity index (χ2n) is 7.39. The van der Waals surface area contributed by atoms with E-state index in [1.54, 1.807) is 17.5 Å². The van der Waals surface area contributed by atoms with Crippen LogP contribution in [-0.4, -0.2) is 53.8 Å². The van der Waals surface area contributed by atoms with Gasteiger partial charge in [0.1, 0.15) is 0 Å². The van der Waals surface area contributed by atoms with Crippen LogP contribution in [0.3, 0.4) is 0 Å². The third kappa shape index (κ3) is 3.52. The van der Waals surface area contributed by atoms with E-state index in [0.717, 1.165) is 59.3 Å². The van der Waals surface area contributed by atoms with Gasteiger partial charge < -0.3 is 10.4 Å². The van der Waals surface area contributed by atoms with Gasteiger partial charge >= 0.3 is 0 Å². The van der Waals surface area contributed by atoms with Crippen molar-refractivity contribution in [3.8, 4) is 11.3 Å². The monoisotopic (exact) mass is 409 g/mol. The van der Waals surface area contributed by atoms with E-state index in [-0.39, 0.29) is 12.6 Å². The third-order valence-corrected chi connectivity index (χ3v) is 6.36. The first-order valence-corrected chi connectivity index (χ1v) is 10.6. The summed E-state index contributed by atoms with van der Waals surface area (Å²) in [6, 6.07) is 4.53.